The van der Waals surface area contributed by atoms with E-state index in [-0.39, 0.29) is 18.2 Å². The van der Waals surface area contributed by atoms with E-state index >= 15 is 0 Å². The van der Waals surface area contributed by atoms with Gasteiger partial charge < -0.3 is 24.6 Å². The van der Waals surface area contributed by atoms with E-state index in [1.807, 2.05) is 23.1 Å². The second kappa shape index (κ2) is 10.5. The van der Waals surface area contributed by atoms with Gasteiger partial charge in [0.15, 0.2) is 11.5 Å². The zero-order valence-electron chi connectivity index (χ0n) is 19.3. The Morgan fingerprint density at radius 1 is 1.03 bits per heavy atom. The maximum Gasteiger partial charge on any atom is 0.237 e. The van der Waals surface area contributed by atoms with E-state index in [1.54, 1.807) is 14.2 Å². The molecule has 32 heavy (non-hydrogen) atoms. The number of rotatable bonds is 7. The lowest BCUT2D eigenvalue weighted by Gasteiger charge is -2.39. The van der Waals surface area contributed by atoms with Gasteiger partial charge in [-0.25, -0.2) is 0 Å². The molecule has 176 valence electrons. The van der Waals surface area contributed by atoms with E-state index in [0.717, 1.165) is 38.0 Å². The Labute approximate surface area is 190 Å². The summed E-state index contributed by atoms with van der Waals surface area (Å²) in [6.45, 7) is 5.89. The number of amides is 2. The van der Waals surface area contributed by atoms with Gasteiger partial charge in [0.05, 0.1) is 26.7 Å². The Hall–Kier alpha value is -2.32. The van der Waals surface area contributed by atoms with E-state index in [9.17, 15) is 9.59 Å². The van der Waals surface area contributed by atoms with Crippen molar-refractivity contribution in [3.05, 3.63) is 23.8 Å². The van der Waals surface area contributed by atoms with Crippen LogP contribution in [0.2, 0.25) is 0 Å². The van der Waals surface area contributed by atoms with Gasteiger partial charge in [-0.2, -0.15) is 0 Å². The highest BCUT2D eigenvalue weighted by molar-refractivity contribution is 5.88. The number of carbonyl (C=O) groups is 2. The third kappa shape index (κ3) is 5.18. The first-order valence-corrected chi connectivity index (χ1v) is 11.8. The topological polar surface area (TPSA) is 74.4 Å². The first-order chi connectivity index (χ1) is 15.6. The number of hydrogen-bond acceptors (Lipinski definition) is 6. The molecule has 1 atom stereocenters. The molecule has 8 nitrogen and oxygen atoms in total. The van der Waals surface area contributed by atoms with Gasteiger partial charge in [-0.1, -0.05) is 6.07 Å². The van der Waals surface area contributed by atoms with Gasteiger partial charge in [-0.05, 0) is 56.5 Å². The van der Waals surface area contributed by atoms with Gasteiger partial charge in [-0.3, -0.25) is 14.5 Å². The van der Waals surface area contributed by atoms with Crippen LogP contribution in [0.3, 0.4) is 0 Å². The number of carbonyl (C=O) groups excluding carboxylic acids is 2. The van der Waals surface area contributed by atoms with Crippen LogP contribution in [0.15, 0.2) is 18.2 Å². The van der Waals surface area contributed by atoms with Crippen molar-refractivity contribution >= 4 is 11.8 Å². The van der Waals surface area contributed by atoms with Crippen molar-refractivity contribution < 1.29 is 19.1 Å². The highest BCUT2D eigenvalue weighted by atomic mass is 16.5. The van der Waals surface area contributed by atoms with Crippen LogP contribution in [-0.2, 0) is 16.1 Å². The number of nitrogens with zero attached hydrogens (tertiary/aromatic N) is 3. The van der Waals surface area contributed by atoms with E-state index in [1.165, 1.54) is 25.9 Å². The number of methoxy groups -OCH3 is 2. The fourth-order valence-corrected chi connectivity index (χ4v) is 5.27. The van der Waals surface area contributed by atoms with Crippen LogP contribution in [0.25, 0.3) is 0 Å². The molecule has 0 bridgehead atoms. The lowest BCUT2D eigenvalue weighted by molar-refractivity contribution is -0.140. The van der Waals surface area contributed by atoms with E-state index in [4.69, 9.17) is 9.47 Å². The van der Waals surface area contributed by atoms with Crippen LogP contribution in [0.1, 0.15) is 37.7 Å². The minimum atomic E-state index is -0.444. The summed E-state index contributed by atoms with van der Waals surface area (Å²) >= 11 is 0. The number of piperidine rings is 1. The van der Waals surface area contributed by atoms with Crippen LogP contribution >= 0.6 is 0 Å². The zero-order chi connectivity index (χ0) is 22.5. The summed E-state index contributed by atoms with van der Waals surface area (Å²) in [5.41, 5.74) is 1.03. The molecule has 3 heterocycles. The predicted molar refractivity (Wildman–Crippen MR) is 122 cm³/mol. The Kier molecular flexibility index (Phi) is 7.52. The summed E-state index contributed by atoms with van der Waals surface area (Å²) in [6.07, 6.45) is 4.90. The average molecular weight is 445 g/mol. The quantitative estimate of drug-likeness (QED) is 0.687. The molecule has 1 aromatic carbocycles. The van der Waals surface area contributed by atoms with Gasteiger partial charge in [-0.15, -0.1) is 0 Å². The highest BCUT2D eigenvalue weighted by Gasteiger charge is 2.34. The molecule has 0 radical (unpaired) electrons. The highest BCUT2D eigenvalue weighted by Crippen LogP contribution is 2.29. The van der Waals surface area contributed by atoms with Crippen molar-refractivity contribution in [3.63, 3.8) is 0 Å². The molecular weight excluding hydrogens is 408 g/mol. The lowest BCUT2D eigenvalue weighted by atomic mass is 10.0. The van der Waals surface area contributed by atoms with Crippen molar-refractivity contribution in [3.8, 4) is 11.5 Å². The van der Waals surface area contributed by atoms with E-state index in [2.05, 4.69) is 15.1 Å². The van der Waals surface area contributed by atoms with E-state index in [0.29, 0.717) is 30.6 Å². The monoisotopic (exact) mass is 444 g/mol. The van der Waals surface area contributed by atoms with Crippen LogP contribution in [0.4, 0.5) is 0 Å². The molecule has 0 aliphatic carbocycles. The second-order valence-electron chi connectivity index (χ2n) is 9.03. The van der Waals surface area contributed by atoms with Gasteiger partial charge in [0, 0.05) is 38.8 Å². The third-order valence-corrected chi connectivity index (χ3v) is 7.12. The third-order valence-electron chi connectivity index (χ3n) is 7.12. The van der Waals surface area contributed by atoms with Crippen molar-refractivity contribution in [1.82, 2.24) is 20.0 Å². The van der Waals surface area contributed by atoms with Gasteiger partial charge in [0.2, 0.25) is 11.8 Å². The maximum atomic E-state index is 13.1. The Balaban J connectivity index is 1.36. The molecule has 3 fully saturated rings. The average Bonchev–Trinajstić information content (AvgIpc) is 3.36. The number of benzene rings is 1. The van der Waals surface area contributed by atoms with Crippen LogP contribution in [0, 0.1) is 0 Å². The first-order valence-electron chi connectivity index (χ1n) is 11.8. The summed E-state index contributed by atoms with van der Waals surface area (Å²) in [5.74, 6) is 1.37. The molecule has 3 saturated heterocycles. The van der Waals surface area contributed by atoms with Crippen molar-refractivity contribution in [1.29, 1.82) is 0 Å². The molecule has 0 unspecified atom stereocenters. The zero-order valence-corrected chi connectivity index (χ0v) is 19.3. The Morgan fingerprint density at radius 2 is 1.75 bits per heavy atom. The fourth-order valence-electron chi connectivity index (χ4n) is 5.27. The largest absolute Gasteiger partial charge is 0.493 e. The summed E-state index contributed by atoms with van der Waals surface area (Å²) in [6, 6.07) is 5.97. The maximum absolute atomic E-state index is 13.1. The van der Waals surface area contributed by atoms with Gasteiger partial charge in [0.25, 0.3) is 0 Å². The van der Waals surface area contributed by atoms with Crippen LogP contribution in [0.5, 0.6) is 11.5 Å². The van der Waals surface area contributed by atoms with Crippen molar-refractivity contribution in [2.24, 2.45) is 0 Å². The molecule has 0 saturated carbocycles. The minimum Gasteiger partial charge on any atom is -0.493 e. The SMILES string of the molecule is COc1ccc(CN2CCNC(=O)[C@@H]2CC(=O)N2CCC(N3CCCC3)CC2)cc1OC. The molecule has 2 amide bonds. The summed E-state index contributed by atoms with van der Waals surface area (Å²) in [7, 11) is 3.23. The predicted octanol–water partition coefficient (Wildman–Crippen LogP) is 1.48. The molecule has 4 rings (SSSR count). The number of ether oxygens (including phenoxy) is 2. The van der Waals surface area contributed by atoms with Crippen LogP contribution in [-0.4, -0.2) is 92.1 Å². The molecule has 1 N–H and O–H groups in total. The molecule has 0 aromatic heterocycles. The molecule has 0 spiro atoms. The number of piperazine rings is 1. The van der Waals surface area contributed by atoms with Gasteiger partial charge in [0.1, 0.15) is 0 Å². The Morgan fingerprint density at radius 3 is 2.44 bits per heavy atom. The standard InChI is InChI=1S/C24H36N4O4/c1-31-21-6-5-18(15-22(21)32-2)17-28-14-9-25-24(30)20(28)16-23(29)27-12-7-19(8-13-27)26-10-3-4-11-26/h5-6,15,19-20H,3-4,7-14,16-17H2,1-2H3,(H,25,30)/t20-/m0/s1. The molecule has 3 aliphatic rings. The lowest BCUT2D eigenvalue weighted by Crippen LogP contribution is -2.56. The number of hydrogen-bond donors (Lipinski definition) is 1. The molecule has 3 aliphatic heterocycles. The van der Waals surface area contributed by atoms with Crippen molar-refractivity contribution in [2.45, 2.75) is 50.7 Å². The molecular formula is C24H36N4O4. The molecule has 8 heteroatoms. The normalized spacial score (nSPS) is 23.2. The fraction of sp³-hybridized carbons (Fsp3) is 0.667. The summed E-state index contributed by atoms with van der Waals surface area (Å²) in [4.78, 5) is 32.4. The first kappa shape index (κ1) is 22.9. The molecule has 1 aromatic rings. The smallest absolute Gasteiger partial charge is 0.237 e. The van der Waals surface area contributed by atoms with Crippen molar-refractivity contribution in [2.75, 3.05) is 53.5 Å². The second-order valence-corrected chi connectivity index (χ2v) is 9.03. The Bertz CT molecular complexity index is 803. The number of likely N-dealkylation sites (tertiary alicyclic amines) is 2. The van der Waals surface area contributed by atoms with E-state index < -0.39 is 6.04 Å². The minimum absolute atomic E-state index is 0.0583. The van der Waals surface area contributed by atoms with Gasteiger partial charge >= 0.3 is 0 Å². The summed E-state index contributed by atoms with van der Waals surface area (Å²) in [5, 5.41) is 2.94. The van der Waals surface area contributed by atoms with Crippen LogP contribution < -0.4 is 14.8 Å². The number of nitrogens with one attached hydrogen (secondary N) is 1. The summed E-state index contributed by atoms with van der Waals surface area (Å²) < 4.78 is 10.7.